The van der Waals surface area contributed by atoms with Crippen LogP contribution in [0.25, 0.3) is 22.3 Å². The molecule has 0 radical (unpaired) electrons. The van der Waals surface area contributed by atoms with Crippen LogP contribution in [0.2, 0.25) is 0 Å². The van der Waals surface area contributed by atoms with Gasteiger partial charge in [-0.25, -0.2) is 14.4 Å². The van der Waals surface area contributed by atoms with Crippen molar-refractivity contribution in [3.63, 3.8) is 0 Å². The summed E-state index contributed by atoms with van der Waals surface area (Å²) >= 11 is 0. The van der Waals surface area contributed by atoms with E-state index in [1.54, 1.807) is 32.9 Å². The average molecular weight is 551 g/mol. The first-order valence-electron chi connectivity index (χ1n) is 13.3. The van der Waals surface area contributed by atoms with Gasteiger partial charge in [0.05, 0.1) is 0 Å². The zero-order valence-electron chi connectivity index (χ0n) is 24.1. The Balaban J connectivity index is 1.63. The molecule has 2 atom stereocenters. The van der Waals surface area contributed by atoms with Crippen LogP contribution in [-0.4, -0.2) is 24.0 Å². The molecule has 6 nitrogen and oxygen atoms in total. The minimum absolute atomic E-state index is 0.272. The SMILES string of the molecule is C=C(C)C(=O)Oc1ccc(-c2cc(C)c(-c3ccc4c(c3)CC(OC(=O)C(=C)C)C4OC(=O)C(=C)C)cc2C)cc1. The summed E-state index contributed by atoms with van der Waals surface area (Å²) < 4.78 is 16.7. The quantitative estimate of drug-likeness (QED) is 0.166. The molecule has 0 amide bonds. The van der Waals surface area contributed by atoms with E-state index in [0.29, 0.717) is 17.7 Å². The third kappa shape index (κ3) is 6.38. The van der Waals surface area contributed by atoms with Crippen LogP contribution in [0.1, 0.15) is 49.1 Å². The van der Waals surface area contributed by atoms with Gasteiger partial charge in [-0.15, -0.1) is 0 Å². The predicted molar refractivity (Wildman–Crippen MR) is 159 cm³/mol. The Kier molecular flexibility index (Phi) is 8.43. The molecule has 0 bridgehead atoms. The Hall–Kier alpha value is -4.71. The highest BCUT2D eigenvalue weighted by Gasteiger charge is 2.38. The number of ether oxygens (including phenoxy) is 3. The van der Waals surface area contributed by atoms with Crippen molar-refractivity contribution in [1.82, 2.24) is 0 Å². The van der Waals surface area contributed by atoms with Gasteiger partial charge in [0.25, 0.3) is 0 Å². The molecule has 6 heteroatoms. The molecule has 0 spiro atoms. The molecular formula is C35H34O6. The minimum atomic E-state index is -0.727. The van der Waals surface area contributed by atoms with Crippen molar-refractivity contribution in [2.24, 2.45) is 0 Å². The van der Waals surface area contributed by atoms with E-state index in [1.165, 1.54) is 0 Å². The minimum Gasteiger partial charge on any atom is -0.454 e. The molecule has 0 saturated heterocycles. The second-order valence-corrected chi connectivity index (χ2v) is 10.6. The molecule has 0 aliphatic heterocycles. The standard InChI is InChI=1S/C35H34O6/c1-19(2)33(36)39-27-12-9-24(10-13-27)29-15-23(8)30(16-22(29)7)25-11-14-28-26(17-25)18-31(40-34(37)20(3)4)32(28)41-35(38)21(5)6/h9-17,31-32H,1,3,5,18H2,2,4,6-8H3. The largest absolute Gasteiger partial charge is 0.454 e. The third-order valence-corrected chi connectivity index (χ3v) is 7.00. The number of benzene rings is 3. The maximum Gasteiger partial charge on any atom is 0.338 e. The van der Waals surface area contributed by atoms with Crippen LogP contribution in [0.15, 0.2) is 91.1 Å². The molecule has 0 fully saturated rings. The van der Waals surface area contributed by atoms with E-state index in [2.05, 4.69) is 51.8 Å². The van der Waals surface area contributed by atoms with Crippen molar-refractivity contribution >= 4 is 17.9 Å². The van der Waals surface area contributed by atoms with Gasteiger partial charge in [0, 0.05) is 23.1 Å². The molecule has 1 aliphatic rings. The summed E-state index contributed by atoms with van der Waals surface area (Å²) in [5, 5.41) is 0. The molecule has 3 aromatic rings. The van der Waals surface area contributed by atoms with Gasteiger partial charge in [-0.05, 0) is 91.3 Å². The van der Waals surface area contributed by atoms with E-state index in [0.717, 1.165) is 44.5 Å². The van der Waals surface area contributed by atoms with Gasteiger partial charge >= 0.3 is 17.9 Å². The lowest BCUT2D eigenvalue weighted by atomic mass is 9.91. The summed E-state index contributed by atoms with van der Waals surface area (Å²) in [6.45, 7) is 19.8. The number of hydrogen-bond acceptors (Lipinski definition) is 6. The number of rotatable bonds is 8. The molecule has 0 saturated carbocycles. The maximum atomic E-state index is 12.4. The third-order valence-electron chi connectivity index (χ3n) is 7.00. The van der Waals surface area contributed by atoms with Crippen LogP contribution in [0.5, 0.6) is 5.75 Å². The Labute approximate surface area is 241 Å². The summed E-state index contributed by atoms with van der Waals surface area (Å²) in [7, 11) is 0. The van der Waals surface area contributed by atoms with E-state index < -0.39 is 30.1 Å². The van der Waals surface area contributed by atoms with Crippen LogP contribution in [0.4, 0.5) is 0 Å². The molecule has 0 heterocycles. The molecule has 0 aromatic heterocycles. The average Bonchev–Trinajstić information content (AvgIpc) is 3.25. The van der Waals surface area contributed by atoms with Crippen molar-refractivity contribution in [3.05, 3.63) is 113 Å². The summed E-state index contributed by atoms with van der Waals surface area (Å²) in [4.78, 5) is 36.5. The number of hydrogen-bond donors (Lipinski definition) is 0. The van der Waals surface area contributed by atoms with Crippen LogP contribution >= 0.6 is 0 Å². The van der Waals surface area contributed by atoms with Gasteiger partial charge in [-0.1, -0.05) is 62.2 Å². The first kappa shape index (κ1) is 29.3. The van der Waals surface area contributed by atoms with E-state index in [9.17, 15) is 14.4 Å². The lowest BCUT2D eigenvalue weighted by molar-refractivity contribution is -0.161. The van der Waals surface area contributed by atoms with Crippen LogP contribution in [0, 0.1) is 13.8 Å². The van der Waals surface area contributed by atoms with Crippen molar-refractivity contribution < 1.29 is 28.6 Å². The topological polar surface area (TPSA) is 78.9 Å². The summed E-state index contributed by atoms with van der Waals surface area (Å²) in [6.07, 6.45) is -0.973. The second-order valence-electron chi connectivity index (χ2n) is 10.6. The first-order chi connectivity index (χ1) is 19.3. The molecule has 4 rings (SSSR count). The van der Waals surface area contributed by atoms with Crippen molar-refractivity contribution in [3.8, 4) is 28.0 Å². The van der Waals surface area contributed by atoms with Gasteiger partial charge in [-0.3, -0.25) is 0 Å². The number of carbonyl (C=O) groups excluding carboxylic acids is 3. The second kappa shape index (κ2) is 11.8. The van der Waals surface area contributed by atoms with E-state index in [1.807, 2.05) is 24.3 Å². The van der Waals surface area contributed by atoms with Crippen molar-refractivity contribution in [1.29, 1.82) is 0 Å². The van der Waals surface area contributed by atoms with Crippen molar-refractivity contribution in [2.45, 2.75) is 53.2 Å². The van der Waals surface area contributed by atoms with Crippen LogP contribution in [0.3, 0.4) is 0 Å². The maximum absolute atomic E-state index is 12.4. The van der Waals surface area contributed by atoms with Gasteiger partial charge in [0.1, 0.15) is 11.9 Å². The molecule has 41 heavy (non-hydrogen) atoms. The van der Waals surface area contributed by atoms with Gasteiger partial charge in [0.2, 0.25) is 0 Å². The van der Waals surface area contributed by atoms with E-state index in [-0.39, 0.29) is 11.1 Å². The molecule has 0 N–H and O–H groups in total. The predicted octanol–water partition coefficient (Wildman–Crippen LogP) is 7.32. The summed E-state index contributed by atoms with van der Waals surface area (Å²) in [5.41, 5.74) is 8.96. The lowest BCUT2D eigenvalue weighted by Gasteiger charge is -2.21. The number of fused-ring (bicyclic) bond motifs is 1. The fraction of sp³-hybridized carbons (Fsp3) is 0.229. The highest BCUT2D eigenvalue weighted by Crippen LogP contribution is 2.40. The Bertz CT molecular complexity index is 1590. The summed E-state index contributed by atoms with van der Waals surface area (Å²) in [5.74, 6) is -1.05. The normalized spacial score (nSPS) is 15.4. The fourth-order valence-corrected chi connectivity index (χ4v) is 4.78. The Morgan fingerprint density at radius 3 is 1.76 bits per heavy atom. The zero-order valence-corrected chi connectivity index (χ0v) is 24.1. The monoisotopic (exact) mass is 550 g/mol. The number of esters is 3. The lowest BCUT2D eigenvalue weighted by Crippen LogP contribution is -2.26. The molecule has 1 aliphatic carbocycles. The smallest absolute Gasteiger partial charge is 0.338 e. The van der Waals surface area contributed by atoms with Gasteiger partial charge < -0.3 is 14.2 Å². The van der Waals surface area contributed by atoms with Gasteiger partial charge in [-0.2, -0.15) is 0 Å². The zero-order chi connectivity index (χ0) is 30.0. The number of aryl methyl sites for hydroxylation is 2. The molecule has 210 valence electrons. The molecule has 2 unspecified atom stereocenters. The molecular weight excluding hydrogens is 516 g/mol. The van der Waals surface area contributed by atoms with Gasteiger partial charge in [0.15, 0.2) is 6.10 Å². The molecule has 3 aromatic carbocycles. The van der Waals surface area contributed by atoms with E-state index >= 15 is 0 Å². The highest BCUT2D eigenvalue weighted by molar-refractivity contribution is 5.89. The van der Waals surface area contributed by atoms with Crippen molar-refractivity contribution in [2.75, 3.05) is 0 Å². The number of carbonyl (C=O) groups is 3. The van der Waals surface area contributed by atoms with Crippen LogP contribution in [-0.2, 0) is 30.3 Å². The Morgan fingerprint density at radius 1 is 0.683 bits per heavy atom. The van der Waals surface area contributed by atoms with Crippen LogP contribution < -0.4 is 4.74 Å². The highest BCUT2D eigenvalue weighted by atomic mass is 16.6. The fourth-order valence-electron chi connectivity index (χ4n) is 4.78. The van der Waals surface area contributed by atoms with E-state index in [4.69, 9.17) is 14.2 Å². The first-order valence-corrected chi connectivity index (χ1v) is 13.3. The Morgan fingerprint density at radius 2 is 1.20 bits per heavy atom. The summed E-state index contributed by atoms with van der Waals surface area (Å²) in [6, 6.07) is 17.7.